The van der Waals surface area contributed by atoms with Crippen molar-refractivity contribution in [2.75, 3.05) is 20.1 Å². The smallest absolute Gasteiger partial charge is 0.240 e. The first kappa shape index (κ1) is 18.2. The molecule has 0 aliphatic carbocycles. The lowest BCUT2D eigenvalue weighted by molar-refractivity contribution is -0.135. The summed E-state index contributed by atoms with van der Waals surface area (Å²) in [5.74, 6) is -0.0869. The van der Waals surface area contributed by atoms with Gasteiger partial charge in [0, 0.05) is 25.0 Å². The molecule has 5 nitrogen and oxygen atoms in total. The first-order valence-corrected chi connectivity index (χ1v) is 6.56. The van der Waals surface area contributed by atoms with Crippen LogP contribution in [-0.2, 0) is 9.59 Å². The molecule has 2 amide bonds. The fraction of sp³-hybridized carbons (Fsp3) is 0.846. The first-order chi connectivity index (χ1) is 8.28. The summed E-state index contributed by atoms with van der Waals surface area (Å²) in [6.45, 7) is 6.90. The summed E-state index contributed by atoms with van der Waals surface area (Å²) in [7, 11) is 1.68. The lowest BCUT2D eigenvalue weighted by Crippen LogP contribution is -2.46. The standard InChI is InChI=1S/C13H25N3O2.ClH/c1-13(2,3)15-11(17)9-16(4)12(18)8-10-6-5-7-14-10;/h10,14H,5-9H2,1-4H3,(H,15,17);1H. The fourth-order valence-electron chi connectivity index (χ4n) is 2.06. The van der Waals surface area contributed by atoms with Crippen LogP contribution in [0.1, 0.15) is 40.0 Å². The number of carbonyl (C=O) groups excluding carboxylic acids is 2. The molecule has 0 saturated carbocycles. The van der Waals surface area contributed by atoms with Gasteiger partial charge in [-0.1, -0.05) is 0 Å². The highest BCUT2D eigenvalue weighted by Gasteiger charge is 2.22. The van der Waals surface area contributed by atoms with Crippen molar-refractivity contribution in [3.05, 3.63) is 0 Å². The van der Waals surface area contributed by atoms with Crippen LogP contribution in [0.4, 0.5) is 0 Å². The summed E-state index contributed by atoms with van der Waals surface area (Å²) in [5.41, 5.74) is -0.256. The van der Waals surface area contributed by atoms with E-state index in [4.69, 9.17) is 0 Å². The highest BCUT2D eigenvalue weighted by Crippen LogP contribution is 2.09. The van der Waals surface area contributed by atoms with Crippen LogP contribution in [-0.4, -0.2) is 48.4 Å². The average molecular weight is 292 g/mol. The van der Waals surface area contributed by atoms with Gasteiger partial charge in [-0.15, -0.1) is 12.4 Å². The van der Waals surface area contributed by atoms with Gasteiger partial charge >= 0.3 is 0 Å². The fourth-order valence-corrected chi connectivity index (χ4v) is 2.06. The monoisotopic (exact) mass is 291 g/mol. The molecule has 1 unspecified atom stereocenters. The Labute approximate surface area is 121 Å². The van der Waals surface area contributed by atoms with Crippen LogP contribution in [0.5, 0.6) is 0 Å². The SMILES string of the molecule is CN(CC(=O)NC(C)(C)C)C(=O)CC1CCCN1.Cl. The third-order valence-electron chi connectivity index (χ3n) is 2.90. The Balaban J connectivity index is 0.00000324. The predicted octanol–water partition coefficient (Wildman–Crippen LogP) is 0.923. The molecule has 19 heavy (non-hydrogen) atoms. The topological polar surface area (TPSA) is 61.4 Å². The minimum atomic E-state index is -0.256. The van der Waals surface area contributed by atoms with E-state index in [-0.39, 0.29) is 42.3 Å². The Bertz CT molecular complexity index is 310. The number of amides is 2. The zero-order valence-corrected chi connectivity index (χ0v) is 13.1. The first-order valence-electron chi connectivity index (χ1n) is 6.56. The van der Waals surface area contributed by atoms with E-state index in [2.05, 4.69) is 10.6 Å². The minimum absolute atomic E-state index is 0. The molecule has 0 spiro atoms. The van der Waals surface area contributed by atoms with E-state index in [0.29, 0.717) is 6.42 Å². The molecule has 6 heteroatoms. The van der Waals surface area contributed by atoms with Crippen molar-refractivity contribution in [3.8, 4) is 0 Å². The van der Waals surface area contributed by atoms with Gasteiger partial charge in [-0.3, -0.25) is 9.59 Å². The van der Waals surface area contributed by atoms with Crippen molar-refractivity contribution in [1.29, 1.82) is 0 Å². The molecule has 1 heterocycles. The maximum Gasteiger partial charge on any atom is 0.240 e. The number of likely N-dealkylation sites (N-methyl/N-ethyl adjacent to an activating group) is 1. The van der Waals surface area contributed by atoms with Crippen LogP contribution < -0.4 is 10.6 Å². The molecule has 0 bridgehead atoms. The molecule has 1 atom stereocenters. The molecule has 112 valence electrons. The van der Waals surface area contributed by atoms with Crippen molar-refractivity contribution in [1.82, 2.24) is 15.5 Å². The highest BCUT2D eigenvalue weighted by molar-refractivity contribution is 5.85. The number of nitrogens with one attached hydrogen (secondary N) is 2. The molecule has 1 aliphatic rings. The average Bonchev–Trinajstić information content (AvgIpc) is 2.66. The summed E-state index contributed by atoms with van der Waals surface area (Å²) in [6, 6.07) is 0.283. The van der Waals surface area contributed by atoms with Crippen LogP contribution >= 0.6 is 12.4 Å². The maximum atomic E-state index is 11.9. The van der Waals surface area contributed by atoms with Gasteiger partial charge < -0.3 is 15.5 Å². The van der Waals surface area contributed by atoms with E-state index in [1.807, 2.05) is 20.8 Å². The van der Waals surface area contributed by atoms with Gasteiger partial charge in [-0.25, -0.2) is 0 Å². The molecule has 0 radical (unpaired) electrons. The second-order valence-electron chi connectivity index (χ2n) is 6.05. The molecular weight excluding hydrogens is 266 g/mol. The molecule has 0 aromatic heterocycles. The number of carbonyl (C=O) groups is 2. The zero-order chi connectivity index (χ0) is 13.8. The van der Waals surface area contributed by atoms with E-state index in [9.17, 15) is 9.59 Å². The number of hydrogen-bond acceptors (Lipinski definition) is 3. The Morgan fingerprint density at radius 1 is 1.37 bits per heavy atom. The van der Waals surface area contributed by atoms with E-state index in [1.165, 1.54) is 4.90 Å². The van der Waals surface area contributed by atoms with Gasteiger partial charge in [0.05, 0.1) is 6.54 Å². The highest BCUT2D eigenvalue weighted by atomic mass is 35.5. The largest absolute Gasteiger partial charge is 0.350 e. The van der Waals surface area contributed by atoms with Gasteiger partial charge in [0.1, 0.15) is 0 Å². The predicted molar refractivity (Wildman–Crippen MR) is 78.4 cm³/mol. The summed E-state index contributed by atoms with van der Waals surface area (Å²) in [4.78, 5) is 25.1. The molecular formula is C13H26ClN3O2. The minimum Gasteiger partial charge on any atom is -0.350 e. The number of rotatable bonds is 4. The van der Waals surface area contributed by atoms with Crippen LogP contribution in [0.3, 0.4) is 0 Å². The van der Waals surface area contributed by atoms with Crippen molar-refractivity contribution < 1.29 is 9.59 Å². The second kappa shape index (κ2) is 7.70. The van der Waals surface area contributed by atoms with Gasteiger partial charge in [-0.05, 0) is 40.2 Å². The quantitative estimate of drug-likeness (QED) is 0.810. The van der Waals surface area contributed by atoms with Crippen molar-refractivity contribution in [3.63, 3.8) is 0 Å². The molecule has 0 aromatic carbocycles. The van der Waals surface area contributed by atoms with Crippen molar-refractivity contribution >= 4 is 24.2 Å². The summed E-state index contributed by atoms with van der Waals surface area (Å²) in [5, 5.41) is 6.14. The van der Waals surface area contributed by atoms with Gasteiger partial charge in [0.25, 0.3) is 0 Å². The van der Waals surface area contributed by atoms with Gasteiger partial charge in [0.2, 0.25) is 11.8 Å². The normalized spacial score (nSPS) is 18.6. The van der Waals surface area contributed by atoms with Crippen LogP contribution in [0.25, 0.3) is 0 Å². The number of halogens is 1. The number of nitrogens with zero attached hydrogens (tertiary/aromatic N) is 1. The Morgan fingerprint density at radius 3 is 2.47 bits per heavy atom. The van der Waals surface area contributed by atoms with Gasteiger partial charge in [0.15, 0.2) is 0 Å². The summed E-state index contributed by atoms with van der Waals surface area (Å²) < 4.78 is 0. The third-order valence-corrected chi connectivity index (χ3v) is 2.90. The van der Waals surface area contributed by atoms with E-state index in [0.717, 1.165) is 19.4 Å². The van der Waals surface area contributed by atoms with Crippen LogP contribution in [0.2, 0.25) is 0 Å². The second-order valence-corrected chi connectivity index (χ2v) is 6.05. The number of hydrogen-bond donors (Lipinski definition) is 2. The Kier molecular flexibility index (Phi) is 7.37. The summed E-state index contributed by atoms with van der Waals surface area (Å²) >= 11 is 0. The van der Waals surface area contributed by atoms with E-state index >= 15 is 0 Å². The molecule has 1 fully saturated rings. The molecule has 2 N–H and O–H groups in total. The Hall–Kier alpha value is -0.810. The van der Waals surface area contributed by atoms with Crippen molar-refractivity contribution in [2.24, 2.45) is 0 Å². The van der Waals surface area contributed by atoms with E-state index < -0.39 is 0 Å². The van der Waals surface area contributed by atoms with E-state index in [1.54, 1.807) is 7.05 Å². The lowest BCUT2D eigenvalue weighted by Gasteiger charge is -2.24. The molecule has 1 saturated heterocycles. The third kappa shape index (κ3) is 7.38. The molecule has 1 aliphatic heterocycles. The van der Waals surface area contributed by atoms with Crippen LogP contribution in [0.15, 0.2) is 0 Å². The zero-order valence-electron chi connectivity index (χ0n) is 12.3. The molecule has 1 rings (SSSR count). The lowest BCUT2D eigenvalue weighted by atomic mass is 10.1. The van der Waals surface area contributed by atoms with Crippen LogP contribution in [0, 0.1) is 0 Å². The van der Waals surface area contributed by atoms with Crippen molar-refractivity contribution in [2.45, 2.75) is 51.6 Å². The Morgan fingerprint density at radius 2 is 2.00 bits per heavy atom. The molecule has 0 aromatic rings. The maximum absolute atomic E-state index is 11.9. The summed E-state index contributed by atoms with van der Waals surface area (Å²) in [6.07, 6.45) is 2.67. The van der Waals surface area contributed by atoms with Gasteiger partial charge in [-0.2, -0.15) is 0 Å².